The number of ether oxygens (including phenoxy) is 1. The first-order chi connectivity index (χ1) is 17.2. The standard InChI is InChI=1S/C26H31ClFN5O3/c1-4-5-6-7-12-36-21-11-9-18(15-29-21)22-31-23(33-25(35)32-22)19-13-17(8-10-20(19)27)14-30-24(34)26(2,3)16-28/h8-11,13,15H,4-7,12,14,16H2,1-3H3,(H,30,34)(H,31,32,33,35). The Balaban J connectivity index is 1.77. The summed E-state index contributed by atoms with van der Waals surface area (Å²) in [7, 11) is 0. The van der Waals surface area contributed by atoms with Crippen LogP contribution < -0.4 is 10.1 Å². The van der Waals surface area contributed by atoms with Gasteiger partial charge in [0.1, 0.15) is 6.67 Å². The smallest absolute Gasteiger partial charge is 0.318 e. The van der Waals surface area contributed by atoms with Gasteiger partial charge in [-0.3, -0.25) is 4.79 Å². The molecule has 1 aromatic carbocycles. The van der Waals surface area contributed by atoms with Crippen molar-refractivity contribution in [2.45, 2.75) is 53.0 Å². The molecule has 0 radical (unpaired) electrons. The summed E-state index contributed by atoms with van der Waals surface area (Å²) < 4.78 is 18.8. The summed E-state index contributed by atoms with van der Waals surface area (Å²) in [4.78, 5) is 29.0. The number of pyridine rings is 1. The number of carbonyl (C=O) groups is 1. The second-order valence-corrected chi connectivity index (χ2v) is 9.50. The van der Waals surface area contributed by atoms with E-state index < -0.39 is 24.0 Å². The fourth-order valence-electron chi connectivity index (χ4n) is 3.25. The first kappa shape index (κ1) is 27.3. The Morgan fingerprint density at radius 3 is 2.58 bits per heavy atom. The average Bonchev–Trinajstić information content (AvgIpc) is 2.87. The third-order valence-corrected chi connectivity index (χ3v) is 5.87. The van der Waals surface area contributed by atoms with E-state index in [1.54, 1.807) is 36.5 Å². The largest absolute Gasteiger partial charge is 0.479 e. The second kappa shape index (κ2) is 12.6. The summed E-state index contributed by atoms with van der Waals surface area (Å²) in [5.74, 6) is 0.486. The van der Waals surface area contributed by atoms with Crippen molar-refractivity contribution >= 4 is 17.5 Å². The van der Waals surface area contributed by atoms with Gasteiger partial charge < -0.3 is 15.2 Å². The number of alkyl halides is 1. The topological polar surface area (TPSA) is 110 Å². The van der Waals surface area contributed by atoms with Crippen LogP contribution in [0.5, 0.6) is 11.9 Å². The molecule has 0 aliphatic heterocycles. The lowest BCUT2D eigenvalue weighted by Crippen LogP contribution is -2.37. The van der Waals surface area contributed by atoms with Gasteiger partial charge in [-0.1, -0.05) is 43.9 Å². The fraction of sp³-hybridized carbons (Fsp3) is 0.423. The van der Waals surface area contributed by atoms with Crippen molar-refractivity contribution in [2.24, 2.45) is 5.41 Å². The van der Waals surface area contributed by atoms with E-state index in [0.29, 0.717) is 34.2 Å². The molecule has 0 aliphatic carbocycles. The van der Waals surface area contributed by atoms with Crippen LogP contribution in [0, 0.1) is 5.41 Å². The minimum Gasteiger partial charge on any atom is -0.479 e. The molecule has 1 amide bonds. The van der Waals surface area contributed by atoms with E-state index in [2.05, 4.69) is 32.2 Å². The van der Waals surface area contributed by atoms with Gasteiger partial charge in [0.25, 0.3) is 0 Å². The van der Waals surface area contributed by atoms with Gasteiger partial charge in [-0.2, -0.15) is 9.97 Å². The summed E-state index contributed by atoms with van der Waals surface area (Å²) in [6.45, 7) is 5.23. The van der Waals surface area contributed by atoms with Crippen molar-refractivity contribution in [1.29, 1.82) is 0 Å². The highest BCUT2D eigenvalue weighted by Crippen LogP contribution is 2.29. The lowest BCUT2D eigenvalue weighted by atomic mass is 9.94. The zero-order valence-corrected chi connectivity index (χ0v) is 21.5. The van der Waals surface area contributed by atoms with Crippen LogP contribution in [0.25, 0.3) is 22.8 Å². The highest BCUT2D eigenvalue weighted by molar-refractivity contribution is 6.33. The van der Waals surface area contributed by atoms with Crippen molar-refractivity contribution in [3.8, 4) is 34.7 Å². The normalized spacial score (nSPS) is 11.4. The molecule has 0 saturated carbocycles. The molecule has 0 bridgehead atoms. The monoisotopic (exact) mass is 515 g/mol. The van der Waals surface area contributed by atoms with E-state index in [1.165, 1.54) is 26.7 Å². The maximum atomic E-state index is 13.1. The molecule has 2 heterocycles. The minimum absolute atomic E-state index is 0.163. The summed E-state index contributed by atoms with van der Waals surface area (Å²) in [6, 6.07) is 8.11. The molecule has 36 heavy (non-hydrogen) atoms. The van der Waals surface area contributed by atoms with Crippen molar-refractivity contribution in [1.82, 2.24) is 25.3 Å². The SMILES string of the molecule is CCCCCCOc1ccc(-c2nc(O)nc(-c3cc(CNC(=O)C(C)(C)CF)ccc3Cl)n2)cn1. The zero-order valence-electron chi connectivity index (χ0n) is 20.7. The highest BCUT2D eigenvalue weighted by Gasteiger charge is 2.27. The van der Waals surface area contributed by atoms with E-state index in [0.717, 1.165) is 12.8 Å². The zero-order chi connectivity index (χ0) is 26.1. The average molecular weight is 516 g/mol. The quantitative estimate of drug-likeness (QED) is 0.305. The molecule has 0 aliphatic rings. The Kier molecular flexibility index (Phi) is 9.52. The number of unbranched alkanes of at least 4 members (excludes halogenated alkanes) is 3. The van der Waals surface area contributed by atoms with Crippen LogP contribution in [0.15, 0.2) is 36.5 Å². The van der Waals surface area contributed by atoms with Crippen LogP contribution in [0.1, 0.15) is 52.0 Å². The number of nitrogens with zero attached hydrogens (tertiary/aromatic N) is 4. The first-order valence-corrected chi connectivity index (χ1v) is 12.3. The van der Waals surface area contributed by atoms with Gasteiger partial charge in [0.2, 0.25) is 11.8 Å². The number of halogens is 2. The van der Waals surface area contributed by atoms with Gasteiger partial charge in [-0.15, -0.1) is 0 Å². The summed E-state index contributed by atoms with van der Waals surface area (Å²) in [6.07, 6.45) is 6.00. The Morgan fingerprint density at radius 2 is 1.89 bits per heavy atom. The van der Waals surface area contributed by atoms with Crippen LogP contribution in [0.4, 0.5) is 4.39 Å². The number of amides is 1. The van der Waals surface area contributed by atoms with E-state index in [1.807, 2.05) is 0 Å². The third-order valence-electron chi connectivity index (χ3n) is 5.54. The molecule has 0 fully saturated rings. The lowest BCUT2D eigenvalue weighted by molar-refractivity contribution is -0.130. The van der Waals surface area contributed by atoms with Crippen LogP contribution >= 0.6 is 11.6 Å². The first-order valence-electron chi connectivity index (χ1n) is 11.9. The maximum Gasteiger partial charge on any atom is 0.318 e. The maximum absolute atomic E-state index is 13.1. The van der Waals surface area contributed by atoms with Gasteiger partial charge in [-0.25, -0.2) is 14.4 Å². The number of benzene rings is 1. The van der Waals surface area contributed by atoms with Gasteiger partial charge in [0.15, 0.2) is 11.6 Å². The van der Waals surface area contributed by atoms with E-state index >= 15 is 0 Å². The molecule has 0 unspecified atom stereocenters. The Hall–Kier alpha value is -3.33. The molecule has 0 atom stereocenters. The van der Waals surface area contributed by atoms with Crippen LogP contribution in [0.2, 0.25) is 5.02 Å². The van der Waals surface area contributed by atoms with Gasteiger partial charge in [0, 0.05) is 29.9 Å². The Morgan fingerprint density at radius 1 is 1.11 bits per heavy atom. The molecule has 2 N–H and O–H groups in total. The fourth-order valence-corrected chi connectivity index (χ4v) is 3.46. The molecule has 8 nitrogen and oxygen atoms in total. The predicted molar refractivity (Wildman–Crippen MR) is 136 cm³/mol. The van der Waals surface area contributed by atoms with Crippen molar-refractivity contribution in [2.75, 3.05) is 13.3 Å². The summed E-state index contributed by atoms with van der Waals surface area (Å²) in [5, 5.41) is 13.2. The number of hydrogen-bond donors (Lipinski definition) is 2. The van der Waals surface area contributed by atoms with E-state index in [9.17, 15) is 14.3 Å². The Bertz CT molecular complexity index is 1170. The second-order valence-electron chi connectivity index (χ2n) is 9.09. The molecule has 192 valence electrons. The summed E-state index contributed by atoms with van der Waals surface area (Å²) >= 11 is 6.39. The van der Waals surface area contributed by atoms with Crippen LogP contribution in [-0.2, 0) is 11.3 Å². The number of aromatic nitrogens is 4. The van der Waals surface area contributed by atoms with Crippen molar-refractivity contribution < 1.29 is 19.0 Å². The molecule has 10 heteroatoms. The minimum atomic E-state index is -1.12. The summed E-state index contributed by atoms with van der Waals surface area (Å²) in [5.41, 5.74) is 0.613. The van der Waals surface area contributed by atoms with E-state index in [-0.39, 0.29) is 18.2 Å². The Labute approximate surface area is 215 Å². The number of nitrogens with one attached hydrogen (secondary N) is 1. The number of carbonyl (C=O) groups excluding carboxylic acids is 1. The van der Waals surface area contributed by atoms with Gasteiger partial charge >= 0.3 is 6.01 Å². The molecule has 2 aromatic heterocycles. The molecular weight excluding hydrogens is 485 g/mol. The molecule has 3 aromatic rings. The van der Waals surface area contributed by atoms with Crippen LogP contribution in [0.3, 0.4) is 0 Å². The number of aromatic hydroxyl groups is 1. The number of rotatable bonds is 12. The van der Waals surface area contributed by atoms with E-state index in [4.69, 9.17) is 16.3 Å². The van der Waals surface area contributed by atoms with Crippen molar-refractivity contribution in [3.05, 3.63) is 47.1 Å². The molecule has 0 spiro atoms. The molecule has 3 rings (SSSR count). The van der Waals surface area contributed by atoms with Crippen LogP contribution in [-0.4, -0.2) is 44.2 Å². The lowest BCUT2D eigenvalue weighted by Gasteiger charge is -2.19. The predicted octanol–water partition coefficient (Wildman–Crippen LogP) is 5.53. The highest BCUT2D eigenvalue weighted by atomic mass is 35.5. The molecular formula is C26H31ClFN5O3. The van der Waals surface area contributed by atoms with Crippen molar-refractivity contribution in [3.63, 3.8) is 0 Å². The van der Waals surface area contributed by atoms with Gasteiger partial charge in [-0.05, 0) is 44.0 Å². The number of hydrogen-bond acceptors (Lipinski definition) is 7. The molecule has 0 saturated heterocycles. The van der Waals surface area contributed by atoms with Gasteiger partial charge in [0.05, 0.1) is 17.0 Å². The third kappa shape index (κ3) is 7.34.